The maximum atomic E-state index is 13.1. The Morgan fingerprint density at radius 1 is 1.37 bits per heavy atom. The van der Waals surface area contributed by atoms with Gasteiger partial charge >= 0.3 is 0 Å². The molecule has 1 saturated carbocycles. The Morgan fingerprint density at radius 3 is 2.79 bits per heavy atom. The molecule has 1 aliphatic carbocycles. The van der Waals surface area contributed by atoms with Gasteiger partial charge in [-0.1, -0.05) is 6.42 Å². The first kappa shape index (κ1) is 12.4. The summed E-state index contributed by atoms with van der Waals surface area (Å²) in [6.45, 7) is 0.535. The van der Waals surface area contributed by atoms with Crippen molar-refractivity contribution < 1.29 is 13.6 Å². The van der Waals surface area contributed by atoms with Crippen molar-refractivity contribution in [3.8, 4) is 0 Å². The summed E-state index contributed by atoms with van der Waals surface area (Å²) in [7, 11) is 0. The second-order valence-electron chi connectivity index (χ2n) is 5.45. The summed E-state index contributed by atoms with van der Waals surface area (Å²) in [5, 5.41) is 0.624. The number of carbonyl (C=O) groups excluding carboxylic acids is 1. The van der Waals surface area contributed by atoms with Crippen LogP contribution in [0.15, 0.2) is 28.7 Å². The number of fused-ring (bicyclic) bond motifs is 1. The third kappa shape index (κ3) is 2.16. The van der Waals surface area contributed by atoms with Gasteiger partial charge in [0.25, 0.3) is 0 Å². The van der Waals surface area contributed by atoms with E-state index in [9.17, 15) is 9.18 Å². The van der Waals surface area contributed by atoms with Crippen molar-refractivity contribution in [1.82, 2.24) is 0 Å². The first-order valence-corrected chi connectivity index (χ1v) is 6.54. The van der Waals surface area contributed by atoms with Gasteiger partial charge in [-0.25, -0.2) is 4.39 Å². The molecule has 1 aromatic heterocycles. The molecule has 1 heterocycles. The minimum Gasteiger partial charge on any atom is -0.453 e. The van der Waals surface area contributed by atoms with Crippen LogP contribution in [0.2, 0.25) is 0 Å². The zero-order valence-corrected chi connectivity index (χ0v) is 10.6. The molecule has 0 bridgehead atoms. The van der Waals surface area contributed by atoms with Gasteiger partial charge in [0.1, 0.15) is 11.4 Å². The number of rotatable bonds is 4. The summed E-state index contributed by atoms with van der Waals surface area (Å²) in [5.74, 6) is -0.0631. The highest BCUT2D eigenvalue weighted by Crippen LogP contribution is 2.43. The number of furan rings is 1. The van der Waals surface area contributed by atoms with Gasteiger partial charge in [-0.3, -0.25) is 4.79 Å². The van der Waals surface area contributed by atoms with Crippen molar-refractivity contribution >= 4 is 16.8 Å². The zero-order valence-electron chi connectivity index (χ0n) is 10.6. The second-order valence-corrected chi connectivity index (χ2v) is 5.45. The number of hydrogen-bond acceptors (Lipinski definition) is 3. The van der Waals surface area contributed by atoms with E-state index in [-0.39, 0.29) is 17.0 Å². The standard InChI is InChI=1S/C15H16FNO2/c16-11-2-3-13-10(6-11)7-14(19-13)12(18)8-15(9-17)4-1-5-15/h2-3,6-7H,1,4-5,8-9,17H2. The van der Waals surface area contributed by atoms with Gasteiger partial charge in [-0.05, 0) is 49.1 Å². The maximum Gasteiger partial charge on any atom is 0.198 e. The van der Waals surface area contributed by atoms with Crippen LogP contribution in [0.1, 0.15) is 36.2 Å². The van der Waals surface area contributed by atoms with Crippen LogP contribution < -0.4 is 5.73 Å². The lowest BCUT2D eigenvalue weighted by Gasteiger charge is -2.40. The minimum atomic E-state index is -0.329. The molecule has 1 aromatic carbocycles. The van der Waals surface area contributed by atoms with Gasteiger partial charge in [0, 0.05) is 11.8 Å². The van der Waals surface area contributed by atoms with Crippen LogP contribution in [-0.2, 0) is 0 Å². The SMILES string of the molecule is NCC1(CC(=O)c2cc3cc(F)ccc3o2)CCC1. The molecule has 1 aliphatic rings. The summed E-state index contributed by atoms with van der Waals surface area (Å²) in [5.41, 5.74) is 6.26. The molecule has 0 radical (unpaired) electrons. The van der Waals surface area contributed by atoms with E-state index in [1.165, 1.54) is 12.1 Å². The van der Waals surface area contributed by atoms with Crippen LogP contribution in [0.3, 0.4) is 0 Å². The molecule has 0 unspecified atom stereocenters. The van der Waals surface area contributed by atoms with Crippen molar-refractivity contribution in [3.05, 3.63) is 35.8 Å². The van der Waals surface area contributed by atoms with Gasteiger partial charge in [0.05, 0.1) is 0 Å². The number of carbonyl (C=O) groups is 1. The predicted molar refractivity (Wildman–Crippen MR) is 70.5 cm³/mol. The van der Waals surface area contributed by atoms with E-state index in [0.29, 0.717) is 29.7 Å². The lowest BCUT2D eigenvalue weighted by atomic mass is 9.66. The molecule has 0 spiro atoms. The molecule has 2 N–H and O–H groups in total. The predicted octanol–water partition coefficient (Wildman–Crippen LogP) is 3.27. The third-order valence-corrected chi connectivity index (χ3v) is 4.14. The molecule has 0 amide bonds. The Kier molecular flexibility index (Phi) is 2.90. The van der Waals surface area contributed by atoms with Crippen LogP contribution >= 0.6 is 0 Å². The largest absolute Gasteiger partial charge is 0.453 e. The number of nitrogens with two attached hydrogens (primary N) is 1. The summed E-state index contributed by atoms with van der Waals surface area (Å²) < 4.78 is 18.6. The van der Waals surface area contributed by atoms with Crippen LogP contribution in [0.4, 0.5) is 4.39 Å². The Labute approximate surface area is 110 Å². The van der Waals surface area contributed by atoms with E-state index in [4.69, 9.17) is 10.2 Å². The molecule has 0 atom stereocenters. The molecule has 19 heavy (non-hydrogen) atoms. The molecule has 100 valence electrons. The van der Waals surface area contributed by atoms with Crippen molar-refractivity contribution in [2.24, 2.45) is 11.1 Å². The topological polar surface area (TPSA) is 56.2 Å². The van der Waals surface area contributed by atoms with Gasteiger partial charge in [0.15, 0.2) is 11.5 Å². The summed E-state index contributed by atoms with van der Waals surface area (Å²) in [6.07, 6.45) is 3.57. The smallest absolute Gasteiger partial charge is 0.198 e. The van der Waals surface area contributed by atoms with Crippen LogP contribution in [-0.4, -0.2) is 12.3 Å². The van der Waals surface area contributed by atoms with E-state index in [0.717, 1.165) is 19.3 Å². The summed E-state index contributed by atoms with van der Waals surface area (Å²) in [4.78, 5) is 12.2. The molecule has 4 heteroatoms. The molecule has 0 aliphatic heterocycles. The maximum absolute atomic E-state index is 13.1. The lowest BCUT2D eigenvalue weighted by Crippen LogP contribution is -2.39. The average molecular weight is 261 g/mol. The monoisotopic (exact) mass is 261 g/mol. The highest BCUT2D eigenvalue weighted by Gasteiger charge is 2.38. The highest BCUT2D eigenvalue weighted by molar-refractivity contribution is 5.98. The van der Waals surface area contributed by atoms with Gasteiger partial charge < -0.3 is 10.2 Å². The molecule has 1 fully saturated rings. The fourth-order valence-electron chi connectivity index (χ4n) is 2.71. The van der Waals surface area contributed by atoms with Gasteiger partial charge in [-0.2, -0.15) is 0 Å². The number of benzene rings is 1. The van der Waals surface area contributed by atoms with E-state index < -0.39 is 0 Å². The van der Waals surface area contributed by atoms with Gasteiger partial charge in [0.2, 0.25) is 0 Å². The molecular formula is C15H16FNO2. The quantitative estimate of drug-likeness (QED) is 0.859. The molecular weight excluding hydrogens is 245 g/mol. The van der Waals surface area contributed by atoms with Crippen molar-refractivity contribution in [2.75, 3.05) is 6.54 Å². The van der Waals surface area contributed by atoms with Crippen molar-refractivity contribution in [3.63, 3.8) is 0 Å². The van der Waals surface area contributed by atoms with E-state index in [1.54, 1.807) is 12.1 Å². The average Bonchev–Trinajstić information content (AvgIpc) is 2.76. The van der Waals surface area contributed by atoms with Crippen LogP contribution in [0, 0.1) is 11.2 Å². The third-order valence-electron chi connectivity index (χ3n) is 4.14. The normalized spacial score (nSPS) is 17.4. The van der Waals surface area contributed by atoms with Crippen molar-refractivity contribution in [1.29, 1.82) is 0 Å². The fraction of sp³-hybridized carbons (Fsp3) is 0.400. The number of ketones is 1. The number of halogens is 1. The van der Waals surface area contributed by atoms with E-state index in [1.807, 2.05) is 0 Å². The van der Waals surface area contributed by atoms with Crippen LogP contribution in [0.5, 0.6) is 0 Å². The minimum absolute atomic E-state index is 0.0400. The zero-order chi connectivity index (χ0) is 13.5. The molecule has 3 rings (SSSR count). The molecule has 0 saturated heterocycles. The Bertz CT molecular complexity index is 623. The number of Topliss-reactive ketones (excluding diaryl/α,β-unsaturated/α-hetero) is 1. The second kappa shape index (κ2) is 4.46. The van der Waals surface area contributed by atoms with Crippen LogP contribution in [0.25, 0.3) is 11.0 Å². The summed E-state index contributed by atoms with van der Waals surface area (Å²) >= 11 is 0. The van der Waals surface area contributed by atoms with Gasteiger partial charge in [-0.15, -0.1) is 0 Å². The van der Waals surface area contributed by atoms with E-state index in [2.05, 4.69) is 0 Å². The first-order chi connectivity index (χ1) is 9.12. The molecule has 3 nitrogen and oxygen atoms in total. The number of hydrogen-bond donors (Lipinski definition) is 1. The molecule has 2 aromatic rings. The summed E-state index contributed by atoms with van der Waals surface area (Å²) in [6, 6.07) is 5.86. The Hall–Kier alpha value is -1.68. The fourth-order valence-corrected chi connectivity index (χ4v) is 2.71. The van der Waals surface area contributed by atoms with Crippen molar-refractivity contribution in [2.45, 2.75) is 25.7 Å². The highest BCUT2D eigenvalue weighted by atomic mass is 19.1. The van der Waals surface area contributed by atoms with E-state index >= 15 is 0 Å². The lowest BCUT2D eigenvalue weighted by molar-refractivity contribution is 0.0762. The Morgan fingerprint density at radius 2 is 2.16 bits per heavy atom. The Balaban J connectivity index is 1.85. The first-order valence-electron chi connectivity index (χ1n) is 6.54.